The molecule has 136 valence electrons. The Hall–Kier alpha value is -3.15. The van der Waals surface area contributed by atoms with E-state index in [1.165, 1.54) is 0 Å². The molecular formula is C21H20N4O2. The van der Waals surface area contributed by atoms with Gasteiger partial charge >= 0.3 is 0 Å². The van der Waals surface area contributed by atoms with Crippen LogP contribution in [-0.4, -0.2) is 38.5 Å². The number of hydrogen-bond donors (Lipinski definition) is 1. The molecule has 0 aliphatic carbocycles. The van der Waals surface area contributed by atoms with Crippen LogP contribution in [0.1, 0.15) is 46.1 Å². The Labute approximate surface area is 156 Å². The number of nitrogens with zero attached hydrogens (tertiary/aromatic N) is 3. The highest BCUT2D eigenvalue weighted by atomic mass is 16.5. The molecule has 1 saturated heterocycles. The van der Waals surface area contributed by atoms with E-state index >= 15 is 0 Å². The zero-order chi connectivity index (χ0) is 18.4. The summed E-state index contributed by atoms with van der Waals surface area (Å²) < 4.78 is 5.55. The molecular weight excluding hydrogens is 340 g/mol. The summed E-state index contributed by atoms with van der Waals surface area (Å²) >= 11 is 0. The molecule has 5 rings (SSSR count). The minimum Gasteiger partial charge on any atom is -0.358 e. The van der Waals surface area contributed by atoms with Crippen LogP contribution in [0.3, 0.4) is 0 Å². The van der Waals surface area contributed by atoms with Crippen molar-refractivity contribution in [3.05, 3.63) is 65.2 Å². The van der Waals surface area contributed by atoms with Crippen molar-refractivity contribution in [3.8, 4) is 11.5 Å². The SMILES string of the molecule is Cc1c[nH]c(-c2noc([C@@H]3CC[C@H]4C=Cc5ccccc5C(=O)N4C3)n2)c1. The fourth-order valence-corrected chi connectivity index (χ4v) is 3.98. The highest BCUT2D eigenvalue weighted by Gasteiger charge is 2.35. The van der Waals surface area contributed by atoms with Gasteiger partial charge in [-0.25, -0.2) is 0 Å². The number of hydrogen-bond acceptors (Lipinski definition) is 4. The molecule has 0 spiro atoms. The average Bonchev–Trinajstić information content (AvgIpc) is 3.32. The Bertz CT molecular complexity index is 1030. The van der Waals surface area contributed by atoms with Gasteiger partial charge in [0.05, 0.1) is 17.7 Å². The van der Waals surface area contributed by atoms with E-state index < -0.39 is 0 Å². The van der Waals surface area contributed by atoms with Gasteiger partial charge in [-0.15, -0.1) is 0 Å². The fraction of sp³-hybridized carbons (Fsp3) is 0.286. The molecule has 2 aliphatic heterocycles. The van der Waals surface area contributed by atoms with Crippen LogP contribution in [0.5, 0.6) is 0 Å². The van der Waals surface area contributed by atoms with Crippen molar-refractivity contribution in [1.29, 1.82) is 0 Å². The second kappa shape index (κ2) is 6.23. The van der Waals surface area contributed by atoms with E-state index in [1.807, 2.05) is 48.4 Å². The molecule has 2 aliphatic rings. The van der Waals surface area contributed by atoms with E-state index in [1.54, 1.807) is 0 Å². The van der Waals surface area contributed by atoms with Gasteiger partial charge in [-0.3, -0.25) is 4.79 Å². The zero-order valence-electron chi connectivity index (χ0n) is 15.1. The van der Waals surface area contributed by atoms with Gasteiger partial charge in [0.25, 0.3) is 5.91 Å². The van der Waals surface area contributed by atoms with Gasteiger partial charge in [0, 0.05) is 18.3 Å². The van der Waals surface area contributed by atoms with E-state index in [0.717, 1.165) is 35.2 Å². The minimum absolute atomic E-state index is 0.0566. The van der Waals surface area contributed by atoms with Crippen molar-refractivity contribution < 1.29 is 9.32 Å². The molecule has 0 unspecified atom stereocenters. The third kappa shape index (κ3) is 2.77. The molecule has 0 radical (unpaired) electrons. The molecule has 6 nitrogen and oxygen atoms in total. The predicted octanol–water partition coefficient (Wildman–Crippen LogP) is 3.79. The number of fused-ring (bicyclic) bond motifs is 2. The number of rotatable bonds is 2. The Morgan fingerprint density at radius 1 is 1.26 bits per heavy atom. The topological polar surface area (TPSA) is 75.0 Å². The number of amides is 1. The first kappa shape index (κ1) is 16.1. The lowest BCUT2D eigenvalue weighted by atomic mass is 9.92. The van der Waals surface area contributed by atoms with Crippen LogP contribution < -0.4 is 0 Å². The molecule has 1 aromatic carbocycles. The van der Waals surface area contributed by atoms with Gasteiger partial charge in [0.2, 0.25) is 11.7 Å². The molecule has 1 fully saturated rings. The van der Waals surface area contributed by atoms with Crippen LogP contribution >= 0.6 is 0 Å². The summed E-state index contributed by atoms with van der Waals surface area (Å²) in [5, 5.41) is 4.12. The van der Waals surface area contributed by atoms with Gasteiger partial charge < -0.3 is 14.4 Å². The van der Waals surface area contributed by atoms with E-state index in [4.69, 9.17) is 4.52 Å². The van der Waals surface area contributed by atoms with Crippen LogP contribution in [-0.2, 0) is 0 Å². The summed E-state index contributed by atoms with van der Waals surface area (Å²) in [4.78, 5) is 22.8. The first-order chi connectivity index (χ1) is 13.2. The second-order valence-electron chi connectivity index (χ2n) is 7.29. The van der Waals surface area contributed by atoms with Crippen LogP contribution in [0, 0.1) is 6.92 Å². The van der Waals surface area contributed by atoms with Crippen LogP contribution in [0.25, 0.3) is 17.6 Å². The summed E-state index contributed by atoms with van der Waals surface area (Å²) in [6.45, 7) is 2.60. The Kier molecular flexibility index (Phi) is 3.70. The van der Waals surface area contributed by atoms with Crippen LogP contribution in [0.2, 0.25) is 0 Å². The van der Waals surface area contributed by atoms with Crippen molar-refractivity contribution in [2.24, 2.45) is 0 Å². The average molecular weight is 360 g/mol. The van der Waals surface area contributed by atoms with Gasteiger partial charge in [0.1, 0.15) is 0 Å². The molecule has 27 heavy (non-hydrogen) atoms. The predicted molar refractivity (Wildman–Crippen MR) is 101 cm³/mol. The maximum Gasteiger partial charge on any atom is 0.254 e. The Morgan fingerprint density at radius 2 is 2.15 bits per heavy atom. The monoisotopic (exact) mass is 360 g/mol. The molecule has 6 heteroatoms. The third-order valence-electron chi connectivity index (χ3n) is 5.44. The lowest BCUT2D eigenvalue weighted by Gasteiger charge is -2.36. The Balaban J connectivity index is 1.41. The molecule has 0 bridgehead atoms. The second-order valence-corrected chi connectivity index (χ2v) is 7.29. The summed E-state index contributed by atoms with van der Waals surface area (Å²) in [5.41, 5.74) is 3.71. The maximum atomic E-state index is 13.1. The fourth-order valence-electron chi connectivity index (χ4n) is 3.98. The maximum absolute atomic E-state index is 13.1. The van der Waals surface area contributed by atoms with Gasteiger partial charge in [0.15, 0.2) is 0 Å². The number of piperidine rings is 1. The van der Waals surface area contributed by atoms with Gasteiger partial charge in [-0.05, 0) is 43.0 Å². The summed E-state index contributed by atoms with van der Waals surface area (Å²) in [7, 11) is 0. The molecule has 2 atom stereocenters. The molecule has 3 aromatic rings. The number of nitrogens with one attached hydrogen (secondary N) is 1. The van der Waals surface area contributed by atoms with E-state index in [-0.39, 0.29) is 17.9 Å². The van der Waals surface area contributed by atoms with Gasteiger partial charge in [-0.2, -0.15) is 4.98 Å². The van der Waals surface area contributed by atoms with Crippen molar-refractivity contribution >= 4 is 12.0 Å². The minimum atomic E-state index is 0.0566. The third-order valence-corrected chi connectivity index (χ3v) is 5.44. The number of carbonyl (C=O) groups is 1. The number of H-pyrrole nitrogens is 1. The quantitative estimate of drug-likeness (QED) is 0.754. The van der Waals surface area contributed by atoms with Crippen molar-refractivity contribution in [2.45, 2.75) is 31.7 Å². The molecule has 2 aromatic heterocycles. The molecule has 1 amide bonds. The van der Waals surface area contributed by atoms with Crippen molar-refractivity contribution in [2.75, 3.05) is 6.54 Å². The van der Waals surface area contributed by atoms with E-state index in [2.05, 4.69) is 27.3 Å². The largest absolute Gasteiger partial charge is 0.358 e. The Morgan fingerprint density at radius 3 is 3.00 bits per heavy atom. The van der Waals surface area contributed by atoms with Crippen molar-refractivity contribution in [1.82, 2.24) is 20.0 Å². The van der Waals surface area contributed by atoms with Crippen LogP contribution in [0.4, 0.5) is 0 Å². The van der Waals surface area contributed by atoms with Crippen LogP contribution in [0.15, 0.2) is 47.1 Å². The summed E-state index contributed by atoms with van der Waals surface area (Å²) in [6, 6.07) is 9.87. The lowest BCUT2D eigenvalue weighted by molar-refractivity contribution is 0.0630. The normalized spacial score (nSPS) is 21.7. The standard InChI is InChI=1S/C21H20N4O2/c1-13-10-18(22-11-13)19-23-20(27-24-19)15-7-9-16-8-6-14-4-2-3-5-17(14)21(26)25(16)12-15/h2-6,8,10-11,15-16,22H,7,9,12H2,1H3/t15-,16-/m1/s1. The van der Waals surface area contributed by atoms with Crippen molar-refractivity contribution in [3.63, 3.8) is 0 Å². The first-order valence-electron chi connectivity index (χ1n) is 9.26. The molecule has 0 saturated carbocycles. The van der Waals surface area contributed by atoms with Gasteiger partial charge in [-0.1, -0.05) is 35.5 Å². The summed E-state index contributed by atoms with van der Waals surface area (Å²) in [5.74, 6) is 1.30. The molecule has 4 heterocycles. The summed E-state index contributed by atoms with van der Waals surface area (Å²) in [6.07, 6.45) is 7.93. The zero-order valence-corrected chi connectivity index (χ0v) is 15.1. The first-order valence-corrected chi connectivity index (χ1v) is 9.26. The van der Waals surface area contributed by atoms with E-state index in [0.29, 0.717) is 18.3 Å². The lowest BCUT2D eigenvalue weighted by Crippen LogP contribution is -2.45. The highest BCUT2D eigenvalue weighted by Crippen LogP contribution is 2.34. The number of aryl methyl sites for hydroxylation is 1. The number of benzene rings is 1. The number of aromatic amines is 1. The highest BCUT2D eigenvalue weighted by molar-refractivity contribution is 5.99. The number of aromatic nitrogens is 3. The smallest absolute Gasteiger partial charge is 0.254 e. The molecule has 1 N–H and O–H groups in total. The van der Waals surface area contributed by atoms with E-state index in [9.17, 15) is 4.79 Å². The number of carbonyl (C=O) groups excluding carboxylic acids is 1.